The standard InChI is InChI=1S/C28H28N4O3/c1-19-8-10-22(11-9-19)25-18-29-27(35-25)17-16-26(33)30-20(2)21-12-14-24(15-13-21)32-28(34)31-23-6-4-3-5-7-23/h3-15,18,20H,16-17H2,1-2H3,(H,30,33)(H2,31,32,34). The van der Waals surface area contributed by atoms with Gasteiger partial charge >= 0.3 is 6.03 Å². The van der Waals surface area contributed by atoms with Gasteiger partial charge in [-0.1, -0.05) is 60.2 Å². The first-order valence-corrected chi connectivity index (χ1v) is 11.5. The number of benzene rings is 3. The zero-order valence-electron chi connectivity index (χ0n) is 19.7. The zero-order valence-corrected chi connectivity index (χ0v) is 19.7. The summed E-state index contributed by atoms with van der Waals surface area (Å²) in [4.78, 5) is 28.9. The van der Waals surface area contributed by atoms with Gasteiger partial charge in [-0.15, -0.1) is 0 Å². The van der Waals surface area contributed by atoms with Crippen molar-refractivity contribution < 1.29 is 14.0 Å². The number of rotatable bonds is 8. The summed E-state index contributed by atoms with van der Waals surface area (Å²) in [5, 5.41) is 8.57. The van der Waals surface area contributed by atoms with Gasteiger partial charge < -0.3 is 20.4 Å². The van der Waals surface area contributed by atoms with Gasteiger partial charge in [0.05, 0.1) is 12.2 Å². The van der Waals surface area contributed by atoms with E-state index in [1.54, 1.807) is 6.20 Å². The van der Waals surface area contributed by atoms with Crippen LogP contribution < -0.4 is 16.0 Å². The second-order valence-electron chi connectivity index (χ2n) is 8.34. The van der Waals surface area contributed by atoms with E-state index >= 15 is 0 Å². The minimum absolute atomic E-state index is 0.0861. The number of para-hydroxylation sites is 1. The maximum absolute atomic E-state index is 12.5. The van der Waals surface area contributed by atoms with Gasteiger partial charge in [-0.25, -0.2) is 9.78 Å². The molecule has 4 aromatic rings. The molecule has 1 aromatic heterocycles. The summed E-state index contributed by atoms with van der Waals surface area (Å²) >= 11 is 0. The van der Waals surface area contributed by atoms with Crippen LogP contribution in [0, 0.1) is 6.92 Å². The molecule has 35 heavy (non-hydrogen) atoms. The zero-order chi connectivity index (χ0) is 24.6. The van der Waals surface area contributed by atoms with Crippen molar-refractivity contribution in [2.45, 2.75) is 32.7 Å². The fourth-order valence-electron chi connectivity index (χ4n) is 3.56. The Bertz CT molecular complexity index is 1270. The van der Waals surface area contributed by atoms with Crippen LogP contribution in [0.25, 0.3) is 11.3 Å². The van der Waals surface area contributed by atoms with Crippen molar-refractivity contribution in [1.82, 2.24) is 10.3 Å². The van der Waals surface area contributed by atoms with E-state index in [1.165, 1.54) is 5.56 Å². The molecule has 3 N–H and O–H groups in total. The van der Waals surface area contributed by atoms with E-state index in [-0.39, 0.29) is 24.4 Å². The van der Waals surface area contributed by atoms with Gasteiger partial charge in [0, 0.05) is 29.8 Å². The Morgan fingerprint density at radius 2 is 1.54 bits per heavy atom. The normalized spacial score (nSPS) is 11.5. The van der Waals surface area contributed by atoms with E-state index in [9.17, 15) is 9.59 Å². The van der Waals surface area contributed by atoms with Crippen molar-refractivity contribution in [3.8, 4) is 11.3 Å². The largest absolute Gasteiger partial charge is 0.441 e. The van der Waals surface area contributed by atoms with Gasteiger partial charge in [0.2, 0.25) is 5.91 Å². The molecule has 4 rings (SSSR count). The van der Waals surface area contributed by atoms with Crippen LogP contribution in [-0.2, 0) is 11.2 Å². The predicted molar refractivity (Wildman–Crippen MR) is 137 cm³/mol. The number of hydrogen-bond donors (Lipinski definition) is 3. The number of amides is 3. The topological polar surface area (TPSA) is 96.3 Å². The maximum Gasteiger partial charge on any atom is 0.323 e. The summed E-state index contributed by atoms with van der Waals surface area (Å²) in [6.07, 6.45) is 2.39. The first-order chi connectivity index (χ1) is 17.0. The third kappa shape index (κ3) is 6.80. The van der Waals surface area contributed by atoms with Gasteiger partial charge in [-0.2, -0.15) is 0 Å². The van der Waals surface area contributed by atoms with Crippen LogP contribution in [0.3, 0.4) is 0 Å². The number of aromatic nitrogens is 1. The average Bonchev–Trinajstić information content (AvgIpc) is 3.33. The van der Waals surface area contributed by atoms with Crippen molar-refractivity contribution in [3.05, 3.63) is 102 Å². The first kappa shape index (κ1) is 23.8. The highest BCUT2D eigenvalue weighted by atomic mass is 16.4. The number of carbonyl (C=O) groups is 2. The molecular weight excluding hydrogens is 440 g/mol. The number of hydrogen-bond acceptors (Lipinski definition) is 4. The molecule has 1 unspecified atom stereocenters. The number of urea groups is 1. The quantitative estimate of drug-likeness (QED) is 0.291. The lowest BCUT2D eigenvalue weighted by Gasteiger charge is -2.15. The Balaban J connectivity index is 1.24. The molecule has 0 saturated carbocycles. The van der Waals surface area contributed by atoms with Gasteiger partial charge in [-0.3, -0.25) is 4.79 Å². The summed E-state index contributed by atoms with van der Waals surface area (Å²) in [6, 6.07) is 24.1. The molecule has 7 heteroatoms. The fraction of sp³-hybridized carbons (Fsp3) is 0.179. The molecule has 0 spiro atoms. The minimum Gasteiger partial charge on any atom is -0.441 e. The van der Waals surface area contributed by atoms with Crippen LogP contribution in [0.4, 0.5) is 16.2 Å². The minimum atomic E-state index is -0.317. The maximum atomic E-state index is 12.5. The third-order valence-corrected chi connectivity index (χ3v) is 5.53. The first-order valence-electron chi connectivity index (χ1n) is 11.5. The monoisotopic (exact) mass is 468 g/mol. The lowest BCUT2D eigenvalue weighted by atomic mass is 10.1. The predicted octanol–water partition coefficient (Wildman–Crippen LogP) is 6.10. The number of aryl methyl sites for hydroxylation is 2. The third-order valence-electron chi connectivity index (χ3n) is 5.53. The average molecular weight is 469 g/mol. The Morgan fingerprint density at radius 1 is 0.886 bits per heavy atom. The SMILES string of the molecule is Cc1ccc(-c2cnc(CCC(=O)NC(C)c3ccc(NC(=O)Nc4ccccc4)cc3)o2)cc1. The molecule has 0 radical (unpaired) electrons. The Hall–Kier alpha value is -4.39. The summed E-state index contributed by atoms with van der Waals surface area (Å²) < 4.78 is 5.80. The number of anilines is 2. The molecule has 0 bridgehead atoms. The van der Waals surface area contributed by atoms with Crippen LogP contribution in [0.15, 0.2) is 89.5 Å². The van der Waals surface area contributed by atoms with Crippen LogP contribution in [-0.4, -0.2) is 16.9 Å². The Morgan fingerprint density at radius 3 is 2.23 bits per heavy atom. The van der Waals surface area contributed by atoms with Crippen molar-refractivity contribution in [2.75, 3.05) is 10.6 Å². The van der Waals surface area contributed by atoms with Gasteiger partial charge in [0.1, 0.15) is 0 Å². The molecule has 0 saturated heterocycles. The number of nitrogens with one attached hydrogen (secondary N) is 3. The molecule has 0 aliphatic heterocycles. The molecule has 3 amide bonds. The summed E-state index contributed by atoms with van der Waals surface area (Å²) in [6.45, 7) is 3.95. The van der Waals surface area contributed by atoms with Crippen molar-refractivity contribution in [3.63, 3.8) is 0 Å². The second-order valence-corrected chi connectivity index (χ2v) is 8.34. The number of nitrogens with zero attached hydrogens (tertiary/aromatic N) is 1. The van der Waals surface area contributed by atoms with E-state index in [2.05, 4.69) is 20.9 Å². The van der Waals surface area contributed by atoms with Crippen molar-refractivity contribution >= 4 is 23.3 Å². The summed E-state index contributed by atoms with van der Waals surface area (Å²) in [5.74, 6) is 1.14. The molecule has 0 aliphatic carbocycles. The highest BCUT2D eigenvalue weighted by Crippen LogP contribution is 2.21. The molecular formula is C28H28N4O3. The van der Waals surface area contributed by atoms with Crippen molar-refractivity contribution in [1.29, 1.82) is 0 Å². The molecule has 1 atom stereocenters. The highest BCUT2D eigenvalue weighted by Gasteiger charge is 2.13. The summed E-state index contributed by atoms with van der Waals surface area (Å²) in [7, 11) is 0. The van der Waals surface area contributed by atoms with E-state index in [0.717, 1.165) is 11.1 Å². The van der Waals surface area contributed by atoms with Gasteiger partial charge in [-0.05, 0) is 43.7 Å². The van der Waals surface area contributed by atoms with Crippen LogP contribution in [0.1, 0.15) is 36.4 Å². The van der Waals surface area contributed by atoms with E-state index in [4.69, 9.17) is 4.42 Å². The van der Waals surface area contributed by atoms with Gasteiger partial charge in [0.25, 0.3) is 0 Å². The lowest BCUT2D eigenvalue weighted by molar-refractivity contribution is -0.121. The smallest absolute Gasteiger partial charge is 0.323 e. The van der Waals surface area contributed by atoms with Crippen LogP contribution >= 0.6 is 0 Å². The number of carbonyl (C=O) groups excluding carboxylic acids is 2. The molecule has 178 valence electrons. The van der Waals surface area contributed by atoms with Crippen LogP contribution in [0.2, 0.25) is 0 Å². The summed E-state index contributed by atoms with van der Waals surface area (Å²) in [5.41, 5.74) is 4.45. The Kier molecular flexibility index (Phi) is 7.57. The molecule has 1 heterocycles. The van der Waals surface area contributed by atoms with E-state index in [0.29, 0.717) is 29.4 Å². The second kappa shape index (κ2) is 11.2. The highest BCUT2D eigenvalue weighted by molar-refractivity contribution is 5.99. The molecule has 7 nitrogen and oxygen atoms in total. The van der Waals surface area contributed by atoms with E-state index < -0.39 is 0 Å². The molecule has 0 aliphatic rings. The Labute approximate surface area is 204 Å². The lowest BCUT2D eigenvalue weighted by Crippen LogP contribution is -2.26. The molecule has 0 fully saturated rings. The van der Waals surface area contributed by atoms with Crippen molar-refractivity contribution in [2.24, 2.45) is 0 Å². The molecule has 3 aromatic carbocycles. The fourth-order valence-corrected chi connectivity index (χ4v) is 3.56. The number of oxazole rings is 1. The van der Waals surface area contributed by atoms with E-state index in [1.807, 2.05) is 92.7 Å². The van der Waals surface area contributed by atoms with Crippen LogP contribution in [0.5, 0.6) is 0 Å². The van der Waals surface area contributed by atoms with Gasteiger partial charge in [0.15, 0.2) is 11.7 Å².